The molecule has 1 N–H and O–H groups in total. The Hall–Kier alpha value is -3.15. The first-order valence-corrected chi connectivity index (χ1v) is 8.70. The number of hydrogen-bond acceptors (Lipinski definition) is 4. The van der Waals surface area contributed by atoms with E-state index in [9.17, 15) is 14.4 Å². The van der Waals surface area contributed by atoms with Gasteiger partial charge in [0.05, 0.1) is 0 Å². The number of amides is 2. The van der Waals surface area contributed by atoms with Crippen LogP contribution >= 0.6 is 0 Å². The average molecular weight is 368 g/mol. The van der Waals surface area contributed by atoms with Gasteiger partial charge in [-0.1, -0.05) is 48.0 Å². The van der Waals surface area contributed by atoms with Gasteiger partial charge in [0.2, 0.25) is 0 Å². The summed E-state index contributed by atoms with van der Waals surface area (Å²) in [5.74, 6) is -1.34. The third-order valence-electron chi connectivity index (χ3n) is 4.00. The Morgan fingerprint density at radius 2 is 1.67 bits per heavy atom. The predicted octanol–water partition coefficient (Wildman–Crippen LogP) is 2.32. The zero-order chi connectivity index (χ0) is 19.8. The largest absolute Gasteiger partial charge is 0.451 e. The van der Waals surface area contributed by atoms with Crippen molar-refractivity contribution in [2.24, 2.45) is 0 Å². The molecular formula is C21H24N2O4. The Kier molecular flexibility index (Phi) is 7.11. The number of aryl methyl sites for hydroxylation is 1. The fourth-order valence-corrected chi connectivity index (χ4v) is 2.49. The van der Waals surface area contributed by atoms with Gasteiger partial charge in [-0.15, -0.1) is 0 Å². The summed E-state index contributed by atoms with van der Waals surface area (Å²) in [4.78, 5) is 37.8. The molecule has 2 rings (SSSR count). The minimum absolute atomic E-state index is 0.299. The van der Waals surface area contributed by atoms with Gasteiger partial charge < -0.3 is 15.0 Å². The molecule has 2 amide bonds. The van der Waals surface area contributed by atoms with Crippen molar-refractivity contribution in [3.8, 4) is 0 Å². The van der Waals surface area contributed by atoms with Gasteiger partial charge in [0.1, 0.15) is 6.54 Å². The zero-order valence-corrected chi connectivity index (χ0v) is 15.8. The number of carbonyl (C=O) groups is 3. The van der Waals surface area contributed by atoms with Crippen LogP contribution in [-0.2, 0) is 20.9 Å². The van der Waals surface area contributed by atoms with Crippen molar-refractivity contribution >= 4 is 17.8 Å². The van der Waals surface area contributed by atoms with E-state index in [4.69, 9.17) is 4.74 Å². The number of nitrogens with zero attached hydrogens (tertiary/aromatic N) is 1. The minimum Gasteiger partial charge on any atom is -0.451 e. The van der Waals surface area contributed by atoms with Crippen molar-refractivity contribution in [2.45, 2.75) is 26.5 Å². The van der Waals surface area contributed by atoms with Crippen molar-refractivity contribution in [3.63, 3.8) is 0 Å². The SMILES string of the molecule is Cc1ccc(C(=O)NCC(=O)OC(C)C(=O)N(C)Cc2ccccc2)cc1. The number of likely N-dealkylation sites (N-methyl/N-ethyl adjacent to an activating group) is 1. The maximum Gasteiger partial charge on any atom is 0.326 e. The van der Waals surface area contributed by atoms with E-state index in [-0.39, 0.29) is 18.4 Å². The number of hydrogen-bond donors (Lipinski definition) is 1. The smallest absolute Gasteiger partial charge is 0.326 e. The van der Waals surface area contributed by atoms with Gasteiger partial charge in [-0.2, -0.15) is 0 Å². The molecule has 0 aliphatic carbocycles. The molecular weight excluding hydrogens is 344 g/mol. The van der Waals surface area contributed by atoms with E-state index in [1.54, 1.807) is 19.2 Å². The van der Waals surface area contributed by atoms with Gasteiger partial charge in [0.25, 0.3) is 11.8 Å². The molecule has 6 nitrogen and oxygen atoms in total. The van der Waals surface area contributed by atoms with E-state index in [0.717, 1.165) is 11.1 Å². The highest BCUT2D eigenvalue weighted by Crippen LogP contribution is 2.06. The van der Waals surface area contributed by atoms with Crippen molar-refractivity contribution in [1.82, 2.24) is 10.2 Å². The van der Waals surface area contributed by atoms with Crippen molar-refractivity contribution < 1.29 is 19.1 Å². The molecule has 6 heteroatoms. The predicted molar refractivity (Wildman–Crippen MR) is 102 cm³/mol. The van der Waals surface area contributed by atoms with E-state index in [0.29, 0.717) is 12.1 Å². The van der Waals surface area contributed by atoms with Crippen LogP contribution in [-0.4, -0.2) is 42.4 Å². The van der Waals surface area contributed by atoms with Gasteiger partial charge in [0.15, 0.2) is 6.10 Å². The summed E-state index contributed by atoms with van der Waals surface area (Å²) >= 11 is 0. The summed E-state index contributed by atoms with van der Waals surface area (Å²) in [5, 5.41) is 2.49. The molecule has 0 fully saturated rings. The van der Waals surface area contributed by atoms with Crippen molar-refractivity contribution in [1.29, 1.82) is 0 Å². The molecule has 1 atom stereocenters. The Balaban J connectivity index is 1.79. The standard InChI is InChI=1S/C21H24N2O4/c1-15-9-11-18(12-10-15)20(25)22-13-19(24)27-16(2)21(26)23(3)14-17-7-5-4-6-8-17/h4-12,16H,13-14H2,1-3H3,(H,22,25). The van der Waals surface area contributed by atoms with Crippen molar-refractivity contribution in [2.75, 3.05) is 13.6 Å². The highest BCUT2D eigenvalue weighted by Gasteiger charge is 2.21. The van der Waals surface area contributed by atoms with Gasteiger partial charge >= 0.3 is 5.97 Å². The molecule has 2 aromatic carbocycles. The summed E-state index contributed by atoms with van der Waals surface area (Å²) in [6.07, 6.45) is -0.928. The number of ether oxygens (including phenoxy) is 1. The van der Waals surface area contributed by atoms with Gasteiger partial charge in [-0.3, -0.25) is 14.4 Å². The topological polar surface area (TPSA) is 75.7 Å². The number of carbonyl (C=O) groups excluding carboxylic acids is 3. The Morgan fingerprint density at radius 3 is 2.30 bits per heavy atom. The van der Waals surface area contributed by atoms with E-state index in [1.807, 2.05) is 49.4 Å². The number of rotatable bonds is 7. The van der Waals surface area contributed by atoms with Crippen LogP contribution in [0.15, 0.2) is 54.6 Å². The lowest BCUT2D eigenvalue weighted by Gasteiger charge is -2.21. The molecule has 142 valence electrons. The second-order valence-electron chi connectivity index (χ2n) is 6.36. The highest BCUT2D eigenvalue weighted by atomic mass is 16.5. The van der Waals surface area contributed by atoms with Gasteiger partial charge in [0, 0.05) is 19.2 Å². The Bertz CT molecular complexity index is 788. The summed E-state index contributed by atoms with van der Waals surface area (Å²) in [6.45, 7) is 3.56. The Morgan fingerprint density at radius 1 is 1.04 bits per heavy atom. The first-order valence-electron chi connectivity index (χ1n) is 8.70. The van der Waals surface area contributed by atoms with Crippen LogP contribution in [0, 0.1) is 6.92 Å². The van der Waals surface area contributed by atoms with Gasteiger partial charge in [-0.25, -0.2) is 0 Å². The quantitative estimate of drug-likeness (QED) is 0.761. The molecule has 2 aromatic rings. The van der Waals surface area contributed by atoms with Crippen LogP contribution in [0.2, 0.25) is 0 Å². The number of esters is 1. The first kappa shape index (κ1) is 20.2. The second kappa shape index (κ2) is 9.52. The third-order valence-corrected chi connectivity index (χ3v) is 4.00. The summed E-state index contributed by atoms with van der Waals surface area (Å²) < 4.78 is 5.13. The highest BCUT2D eigenvalue weighted by molar-refractivity contribution is 5.96. The lowest BCUT2D eigenvalue weighted by atomic mass is 10.1. The summed E-state index contributed by atoms with van der Waals surface area (Å²) in [6, 6.07) is 16.5. The van der Waals surface area contributed by atoms with E-state index < -0.39 is 12.1 Å². The fourth-order valence-electron chi connectivity index (χ4n) is 2.49. The third kappa shape index (κ3) is 6.26. The molecule has 0 aliphatic rings. The molecule has 0 aliphatic heterocycles. The number of benzene rings is 2. The fraction of sp³-hybridized carbons (Fsp3) is 0.286. The molecule has 0 spiro atoms. The van der Waals surface area contributed by atoms with E-state index >= 15 is 0 Å². The molecule has 0 saturated heterocycles. The molecule has 0 radical (unpaired) electrons. The van der Waals surface area contributed by atoms with Crippen LogP contribution in [0.5, 0.6) is 0 Å². The first-order chi connectivity index (χ1) is 12.9. The normalized spacial score (nSPS) is 11.4. The van der Waals surface area contributed by atoms with Crippen LogP contribution in [0.25, 0.3) is 0 Å². The molecule has 0 aromatic heterocycles. The van der Waals surface area contributed by atoms with Crippen molar-refractivity contribution in [3.05, 3.63) is 71.3 Å². The summed E-state index contributed by atoms with van der Waals surface area (Å²) in [7, 11) is 1.65. The van der Waals surface area contributed by atoms with Crippen LogP contribution in [0.3, 0.4) is 0 Å². The van der Waals surface area contributed by atoms with Crippen LogP contribution in [0.1, 0.15) is 28.4 Å². The maximum atomic E-state index is 12.3. The van der Waals surface area contributed by atoms with Gasteiger partial charge in [-0.05, 0) is 31.5 Å². The minimum atomic E-state index is -0.928. The summed E-state index contributed by atoms with van der Waals surface area (Å²) in [5.41, 5.74) is 2.48. The second-order valence-corrected chi connectivity index (χ2v) is 6.36. The number of nitrogens with one attached hydrogen (secondary N) is 1. The molecule has 0 bridgehead atoms. The van der Waals surface area contributed by atoms with E-state index in [2.05, 4.69) is 5.32 Å². The maximum absolute atomic E-state index is 12.3. The molecule has 27 heavy (non-hydrogen) atoms. The average Bonchev–Trinajstić information content (AvgIpc) is 2.66. The van der Waals surface area contributed by atoms with Crippen LogP contribution in [0.4, 0.5) is 0 Å². The monoisotopic (exact) mass is 368 g/mol. The van der Waals surface area contributed by atoms with Crippen LogP contribution < -0.4 is 5.32 Å². The lowest BCUT2D eigenvalue weighted by Crippen LogP contribution is -2.39. The molecule has 1 unspecified atom stereocenters. The molecule has 0 heterocycles. The Labute approximate surface area is 159 Å². The van der Waals surface area contributed by atoms with E-state index in [1.165, 1.54) is 11.8 Å². The lowest BCUT2D eigenvalue weighted by molar-refractivity contribution is -0.157. The zero-order valence-electron chi connectivity index (χ0n) is 15.8. The molecule has 0 saturated carbocycles.